The maximum atomic E-state index is 12.8. The Balaban J connectivity index is 1.94. The van der Waals surface area contributed by atoms with Gasteiger partial charge in [-0.3, -0.25) is 0 Å². The van der Waals surface area contributed by atoms with Crippen molar-refractivity contribution in [2.75, 3.05) is 4.90 Å². The maximum Gasteiger partial charge on any atom is 0.416 e. The third-order valence-electron chi connectivity index (χ3n) is 3.79. The fraction of sp³-hybridized carbons (Fsp3) is 0.250. The van der Waals surface area contributed by atoms with Crippen molar-refractivity contribution in [2.24, 2.45) is 5.73 Å². The SMILES string of the molecule is N[C@H]1Cc2ccccc2CN1c1cccc(C(F)(F)F)c1. The molecule has 1 atom stereocenters. The average molecular weight is 292 g/mol. The van der Waals surface area contributed by atoms with Gasteiger partial charge in [-0.25, -0.2) is 0 Å². The van der Waals surface area contributed by atoms with Crippen molar-refractivity contribution in [3.8, 4) is 0 Å². The standard InChI is InChI=1S/C16H15F3N2/c17-16(18,19)13-6-3-7-14(9-13)21-10-12-5-2-1-4-11(12)8-15(21)20/h1-7,9,15H,8,10,20H2/t15-/m1/s1. The summed E-state index contributed by atoms with van der Waals surface area (Å²) < 4.78 is 38.5. The predicted octanol–water partition coefficient (Wildman–Crippen LogP) is 3.55. The van der Waals surface area contributed by atoms with Crippen molar-refractivity contribution in [1.82, 2.24) is 0 Å². The van der Waals surface area contributed by atoms with E-state index < -0.39 is 11.7 Å². The first-order valence-corrected chi connectivity index (χ1v) is 6.71. The van der Waals surface area contributed by atoms with Gasteiger partial charge in [-0.1, -0.05) is 30.3 Å². The van der Waals surface area contributed by atoms with E-state index in [9.17, 15) is 13.2 Å². The number of anilines is 1. The third kappa shape index (κ3) is 2.74. The van der Waals surface area contributed by atoms with Crippen LogP contribution in [-0.2, 0) is 19.1 Å². The molecule has 2 nitrogen and oxygen atoms in total. The smallest absolute Gasteiger partial charge is 0.352 e. The molecule has 0 bridgehead atoms. The normalized spacial score (nSPS) is 18.5. The molecule has 0 unspecified atom stereocenters. The number of hydrogen-bond acceptors (Lipinski definition) is 2. The molecule has 0 aromatic heterocycles. The second-order valence-electron chi connectivity index (χ2n) is 5.22. The zero-order valence-electron chi connectivity index (χ0n) is 11.3. The molecule has 2 N–H and O–H groups in total. The predicted molar refractivity (Wildman–Crippen MR) is 75.7 cm³/mol. The summed E-state index contributed by atoms with van der Waals surface area (Å²) in [6.45, 7) is 0.526. The van der Waals surface area contributed by atoms with Crippen molar-refractivity contribution >= 4 is 5.69 Å². The molecule has 0 radical (unpaired) electrons. The van der Waals surface area contributed by atoms with E-state index in [-0.39, 0.29) is 6.17 Å². The van der Waals surface area contributed by atoms with E-state index in [1.54, 1.807) is 6.07 Å². The monoisotopic (exact) mass is 292 g/mol. The lowest BCUT2D eigenvalue weighted by atomic mass is 9.97. The van der Waals surface area contributed by atoms with Crippen LogP contribution >= 0.6 is 0 Å². The second kappa shape index (κ2) is 5.07. The Bertz CT molecular complexity index is 652. The van der Waals surface area contributed by atoms with Gasteiger partial charge in [0.15, 0.2) is 0 Å². The van der Waals surface area contributed by atoms with E-state index in [0.717, 1.165) is 23.3 Å². The molecule has 110 valence electrons. The molecule has 0 fully saturated rings. The number of benzene rings is 2. The lowest BCUT2D eigenvalue weighted by molar-refractivity contribution is -0.137. The van der Waals surface area contributed by atoms with Crippen LogP contribution in [0.5, 0.6) is 0 Å². The van der Waals surface area contributed by atoms with Crippen molar-refractivity contribution < 1.29 is 13.2 Å². The molecule has 2 aromatic rings. The Labute approximate surface area is 121 Å². The Morgan fingerprint density at radius 3 is 2.43 bits per heavy atom. The topological polar surface area (TPSA) is 29.3 Å². The third-order valence-corrected chi connectivity index (χ3v) is 3.79. The highest BCUT2D eigenvalue weighted by Gasteiger charge is 2.31. The molecule has 1 heterocycles. The van der Waals surface area contributed by atoms with Gasteiger partial charge in [0.2, 0.25) is 0 Å². The Hall–Kier alpha value is -2.01. The van der Waals surface area contributed by atoms with Crippen LogP contribution in [0.4, 0.5) is 18.9 Å². The molecule has 1 aliphatic rings. The fourth-order valence-corrected chi connectivity index (χ4v) is 2.69. The number of nitrogens with zero attached hydrogens (tertiary/aromatic N) is 1. The van der Waals surface area contributed by atoms with Crippen LogP contribution in [0, 0.1) is 0 Å². The largest absolute Gasteiger partial charge is 0.416 e. The van der Waals surface area contributed by atoms with Crippen molar-refractivity contribution in [2.45, 2.75) is 25.3 Å². The zero-order chi connectivity index (χ0) is 15.0. The molecule has 0 saturated heterocycles. The highest BCUT2D eigenvalue weighted by atomic mass is 19.4. The van der Waals surface area contributed by atoms with Crippen molar-refractivity contribution in [3.63, 3.8) is 0 Å². The van der Waals surface area contributed by atoms with Crippen LogP contribution in [0.15, 0.2) is 48.5 Å². The summed E-state index contributed by atoms with van der Waals surface area (Å²) in [7, 11) is 0. The minimum Gasteiger partial charge on any atom is -0.352 e. The molecule has 5 heteroatoms. The van der Waals surface area contributed by atoms with E-state index in [2.05, 4.69) is 0 Å². The van der Waals surface area contributed by atoms with Gasteiger partial charge in [-0.05, 0) is 29.3 Å². The number of rotatable bonds is 1. The van der Waals surface area contributed by atoms with E-state index >= 15 is 0 Å². The molecule has 1 aliphatic heterocycles. The summed E-state index contributed by atoms with van der Waals surface area (Å²) in [5.41, 5.74) is 8.26. The first kappa shape index (κ1) is 13.9. The average Bonchev–Trinajstić information content (AvgIpc) is 2.46. The maximum absolute atomic E-state index is 12.8. The van der Waals surface area contributed by atoms with E-state index in [4.69, 9.17) is 5.73 Å². The van der Waals surface area contributed by atoms with Crippen LogP contribution in [0.25, 0.3) is 0 Å². The van der Waals surface area contributed by atoms with Crippen molar-refractivity contribution in [3.05, 3.63) is 65.2 Å². The number of fused-ring (bicyclic) bond motifs is 1. The molecule has 2 aromatic carbocycles. The highest BCUT2D eigenvalue weighted by molar-refractivity contribution is 5.52. The van der Waals surface area contributed by atoms with Gasteiger partial charge in [0.1, 0.15) is 0 Å². The van der Waals surface area contributed by atoms with Crippen LogP contribution in [0.3, 0.4) is 0 Å². The zero-order valence-corrected chi connectivity index (χ0v) is 11.3. The number of nitrogens with two attached hydrogens (primary N) is 1. The second-order valence-corrected chi connectivity index (χ2v) is 5.22. The summed E-state index contributed by atoms with van der Waals surface area (Å²) in [6.07, 6.45) is -4.02. The van der Waals surface area contributed by atoms with Gasteiger partial charge in [0.25, 0.3) is 0 Å². The summed E-state index contributed by atoms with van der Waals surface area (Å²) in [6, 6.07) is 13.2. The van der Waals surface area contributed by atoms with Crippen LogP contribution in [-0.4, -0.2) is 6.17 Å². The quantitative estimate of drug-likeness (QED) is 0.871. The first-order valence-electron chi connectivity index (χ1n) is 6.71. The van der Waals surface area contributed by atoms with Gasteiger partial charge in [-0.15, -0.1) is 0 Å². The van der Waals surface area contributed by atoms with Gasteiger partial charge in [0, 0.05) is 18.7 Å². The molecule has 0 spiro atoms. The van der Waals surface area contributed by atoms with E-state index in [1.807, 2.05) is 29.2 Å². The van der Waals surface area contributed by atoms with Crippen LogP contribution in [0.1, 0.15) is 16.7 Å². The molecule has 3 rings (SSSR count). The van der Waals surface area contributed by atoms with Crippen molar-refractivity contribution in [1.29, 1.82) is 0 Å². The van der Waals surface area contributed by atoms with E-state index in [0.29, 0.717) is 18.7 Å². The molecule has 21 heavy (non-hydrogen) atoms. The van der Waals surface area contributed by atoms with E-state index in [1.165, 1.54) is 6.07 Å². The summed E-state index contributed by atoms with van der Waals surface area (Å²) in [5.74, 6) is 0. The highest BCUT2D eigenvalue weighted by Crippen LogP contribution is 2.33. The summed E-state index contributed by atoms with van der Waals surface area (Å²) in [5, 5.41) is 0. The number of hydrogen-bond donors (Lipinski definition) is 1. The Morgan fingerprint density at radius 2 is 1.71 bits per heavy atom. The van der Waals surface area contributed by atoms with Crippen LogP contribution < -0.4 is 10.6 Å². The summed E-state index contributed by atoms with van der Waals surface area (Å²) in [4.78, 5) is 1.82. The molecular formula is C16H15F3N2. The fourth-order valence-electron chi connectivity index (χ4n) is 2.69. The number of alkyl halides is 3. The number of halogens is 3. The van der Waals surface area contributed by atoms with Gasteiger partial charge in [-0.2, -0.15) is 13.2 Å². The summed E-state index contributed by atoms with van der Waals surface area (Å²) >= 11 is 0. The molecule has 0 amide bonds. The van der Waals surface area contributed by atoms with Gasteiger partial charge in [0.05, 0.1) is 11.7 Å². The van der Waals surface area contributed by atoms with Gasteiger partial charge >= 0.3 is 6.18 Å². The Kier molecular flexibility index (Phi) is 3.37. The minimum absolute atomic E-state index is 0.316. The van der Waals surface area contributed by atoms with Gasteiger partial charge < -0.3 is 10.6 Å². The Morgan fingerprint density at radius 1 is 1.00 bits per heavy atom. The minimum atomic E-state index is -4.34. The lowest BCUT2D eigenvalue weighted by Crippen LogP contribution is -2.46. The molecule has 0 aliphatic carbocycles. The lowest BCUT2D eigenvalue weighted by Gasteiger charge is -2.36. The molecular weight excluding hydrogens is 277 g/mol. The van der Waals surface area contributed by atoms with Crippen LogP contribution in [0.2, 0.25) is 0 Å². The first-order chi connectivity index (χ1) is 9.95. The molecule has 0 saturated carbocycles.